The molecule has 190 valence electrons. The van der Waals surface area contributed by atoms with E-state index in [0.29, 0.717) is 24.1 Å². The highest BCUT2D eigenvalue weighted by Crippen LogP contribution is 2.37. The molecule has 1 fully saturated rings. The van der Waals surface area contributed by atoms with E-state index in [1.807, 2.05) is 30.3 Å². The minimum absolute atomic E-state index is 0.312. The van der Waals surface area contributed by atoms with Crippen molar-refractivity contribution in [1.82, 2.24) is 10.2 Å². The fourth-order valence-electron chi connectivity index (χ4n) is 4.07. The van der Waals surface area contributed by atoms with Gasteiger partial charge in [-0.3, -0.25) is 4.79 Å². The first-order valence-electron chi connectivity index (χ1n) is 11.7. The standard InChI is InChI=1S/C27H31N3O6/c1-27(2,3)36-25(34)22-14-13-21(19-9-5-4-6-10-19)30(22)23(31)17-28-26(35)29-20-11-7-8-18(16-20)12-15-24(32)33/h4-12,15-16,21-22H,13-14,17H2,1-3H3,(H,32,33)(H2,28,29,35)/p-1/b15-12+. The van der Waals surface area contributed by atoms with E-state index in [1.165, 1.54) is 11.0 Å². The summed E-state index contributed by atoms with van der Waals surface area (Å²) in [5, 5.41) is 15.8. The largest absolute Gasteiger partial charge is 0.545 e. The van der Waals surface area contributed by atoms with Crippen molar-refractivity contribution in [3.63, 3.8) is 0 Å². The zero-order chi connectivity index (χ0) is 26.3. The van der Waals surface area contributed by atoms with Gasteiger partial charge in [0.05, 0.1) is 18.6 Å². The quantitative estimate of drug-likeness (QED) is 0.452. The van der Waals surface area contributed by atoms with E-state index in [9.17, 15) is 24.3 Å². The Morgan fingerprint density at radius 3 is 2.44 bits per heavy atom. The van der Waals surface area contributed by atoms with Crippen LogP contribution in [0.15, 0.2) is 60.7 Å². The van der Waals surface area contributed by atoms with Crippen molar-refractivity contribution < 1.29 is 29.0 Å². The molecular formula is C27H30N3O6-. The van der Waals surface area contributed by atoms with Crippen LogP contribution < -0.4 is 15.7 Å². The molecular weight excluding hydrogens is 462 g/mol. The minimum Gasteiger partial charge on any atom is -0.545 e. The molecule has 1 aliphatic rings. The van der Waals surface area contributed by atoms with Gasteiger partial charge in [0.1, 0.15) is 11.6 Å². The van der Waals surface area contributed by atoms with E-state index in [2.05, 4.69) is 10.6 Å². The van der Waals surface area contributed by atoms with Gasteiger partial charge in [0, 0.05) is 5.69 Å². The molecule has 9 nitrogen and oxygen atoms in total. The first kappa shape index (κ1) is 26.5. The molecule has 3 amide bonds. The second-order valence-corrected chi connectivity index (χ2v) is 9.44. The number of anilines is 1. The van der Waals surface area contributed by atoms with Crippen LogP contribution in [0.2, 0.25) is 0 Å². The molecule has 0 spiro atoms. The Labute approximate surface area is 210 Å². The van der Waals surface area contributed by atoms with Crippen LogP contribution in [0.25, 0.3) is 6.08 Å². The summed E-state index contributed by atoms with van der Waals surface area (Å²) < 4.78 is 5.56. The monoisotopic (exact) mass is 492 g/mol. The number of likely N-dealkylation sites (tertiary alicyclic amines) is 1. The molecule has 0 aromatic heterocycles. The number of ether oxygens (including phenoxy) is 1. The van der Waals surface area contributed by atoms with Crippen LogP contribution in [0, 0.1) is 0 Å². The average Bonchev–Trinajstić information content (AvgIpc) is 3.27. The van der Waals surface area contributed by atoms with Gasteiger partial charge in [0.15, 0.2) is 0 Å². The van der Waals surface area contributed by atoms with Gasteiger partial charge < -0.3 is 30.2 Å². The first-order chi connectivity index (χ1) is 17.0. The van der Waals surface area contributed by atoms with Crippen molar-refractivity contribution >= 4 is 35.6 Å². The number of hydrogen-bond donors (Lipinski definition) is 2. The second-order valence-electron chi connectivity index (χ2n) is 9.44. The van der Waals surface area contributed by atoms with Gasteiger partial charge >= 0.3 is 12.0 Å². The number of esters is 1. The summed E-state index contributed by atoms with van der Waals surface area (Å²) >= 11 is 0. The number of carboxylic acid groups (broad SMARTS) is 1. The lowest BCUT2D eigenvalue weighted by Gasteiger charge is -2.31. The zero-order valence-electron chi connectivity index (χ0n) is 20.5. The van der Waals surface area contributed by atoms with Gasteiger partial charge in [-0.2, -0.15) is 0 Å². The molecule has 3 rings (SSSR count). The van der Waals surface area contributed by atoms with Crippen LogP contribution in [0.1, 0.15) is 50.8 Å². The summed E-state index contributed by atoms with van der Waals surface area (Å²) in [5.41, 5.74) is 1.17. The third-order valence-corrected chi connectivity index (χ3v) is 5.49. The Morgan fingerprint density at radius 2 is 1.78 bits per heavy atom. The van der Waals surface area contributed by atoms with Crippen LogP contribution in [0.4, 0.5) is 10.5 Å². The lowest BCUT2D eigenvalue weighted by atomic mass is 10.0. The van der Waals surface area contributed by atoms with Gasteiger partial charge in [-0.15, -0.1) is 0 Å². The Bertz CT molecular complexity index is 1140. The number of aliphatic carboxylic acids is 1. The molecule has 0 radical (unpaired) electrons. The summed E-state index contributed by atoms with van der Waals surface area (Å²) in [6, 6.07) is 14.3. The molecule has 1 aliphatic heterocycles. The summed E-state index contributed by atoms with van der Waals surface area (Å²) in [4.78, 5) is 50.7. The maximum Gasteiger partial charge on any atom is 0.329 e. The molecule has 9 heteroatoms. The molecule has 2 aromatic carbocycles. The highest BCUT2D eigenvalue weighted by Gasteiger charge is 2.43. The number of benzene rings is 2. The van der Waals surface area contributed by atoms with E-state index >= 15 is 0 Å². The van der Waals surface area contributed by atoms with Crippen LogP contribution in [-0.2, 0) is 19.1 Å². The number of carbonyl (C=O) groups excluding carboxylic acids is 4. The van der Waals surface area contributed by atoms with E-state index in [1.54, 1.807) is 45.0 Å². The molecule has 0 aliphatic carbocycles. The number of carboxylic acids is 1. The van der Waals surface area contributed by atoms with Crippen molar-refractivity contribution in [1.29, 1.82) is 0 Å². The van der Waals surface area contributed by atoms with Crippen molar-refractivity contribution in [3.05, 3.63) is 71.8 Å². The molecule has 2 atom stereocenters. The summed E-state index contributed by atoms with van der Waals surface area (Å²) in [7, 11) is 0. The van der Waals surface area contributed by atoms with Gasteiger partial charge in [-0.05, 0) is 62.9 Å². The van der Waals surface area contributed by atoms with Crippen molar-refractivity contribution in [2.75, 3.05) is 11.9 Å². The van der Waals surface area contributed by atoms with Crippen LogP contribution in [0.5, 0.6) is 0 Å². The van der Waals surface area contributed by atoms with E-state index < -0.39 is 35.5 Å². The second kappa shape index (κ2) is 11.5. The number of hydrogen-bond acceptors (Lipinski definition) is 6. The molecule has 2 N–H and O–H groups in total. The number of carbonyl (C=O) groups is 4. The van der Waals surface area contributed by atoms with E-state index in [4.69, 9.17) is 4.74 Å². The number of nitrogens with zero attached hydrogens (tertiary/aromatic N) is 1. The normalized spacial score (nSPS) is 17.6. The molecule has 0 saturated carbocycles. The average molecular weight is 493 g/mol. The molecule has 2 aromatic rings. The van der Waals surface area contributed by atoms with Gasteiger partial charge in [-0.1, -0.05) is 48.5 Å². The third kappa shape index (κ3) is 7.43. The SMILES string of the molecule is CC(C)(C)OC(=O)C1CCC(c2ccccc2)N1C(=O)CNC(=O)Nc1cccc(/C=C/C(=O)[O-])c1. The van der Waals surface area contributed by atoms with Crippen LogP contribution >= 0.6 is 0 Å². The Morgan fingerprint density at radius 1 is 1.06 bits per heavy atom. The summed E-state index contributed by atoms with van der Waals surface area (Å²) in [6.45, 7) is 5.00. The maximum atomic E-state index is 13.3. The Hall–Kier alpha value is -4.14. The Balaban J connectivity index is 1.69. The third-order valence-electron chi connectivity index (χ3n) is 5.49. The topological polar surface area (TPSA) is 128 Å². The first-order valence-corrected chi connectivity index (χ1v) is 11.7. The summed E-state index contributed by atoms with van der Waals surface area (Å²) in [6.07, 6.45) is 3.28. The number of urea groups is 1. The van der Waals surface area contributed by atoms with Gasteiger partial charge in [0.2, 0.25) is 5.91 Å². The van der Waals surface area contributed by atoms with E-state index in [-0.39, 0.29) is 12.6 Å². The highest BCUT2D eigenvalue weighted by molar-refractivity contribution is 5.94. The zero-order valence-corrected chi connectivity index (χ0v) is 20.5. The maximum absolute atomic E-state index is 13.3. The number of nitrogens with one attached hydrogen (secondary N) is 2. The summed E-state index contributed by atoms with van der Waals surface area (Å²) in [5.74, 6) is -2.21. The van der Waals surface area contributed by atoms with Crippen LogP contribution in [0.3, 0.4) is 0 Å². The lowest BCUT2D eigenvalue weighted by Crippen LogP contribution is -2.48. The number of rotatable bonds is 7. The highest BCUT2D eigenvalue weighted by atomic mass is 16.6. The molecule has 36 heavy (non-hydrogen) atoms. The predicted molar refractivity (Wildman–Crippen MR) is 132 cm³/mol. The smallest absolute Gasteiger partial charge is 0.329 e. The fraction of sp³-hybridized carbons (Fsp3) is 0.333. The van der Waals surface area contributed by atoms with Crippen molar-refractivity contribution in [2.24, 2.45) is 0 Å². The number of amides is 3. The van der Waals surface area contributed by atoms with Crippen LogP contribution in [-0.4, -0.2) is 47.0 Å². The fourth-order valence-corrected chi connectivity index (χ4v) is 4.07. The van der Waals surface area contributed by atoms with E-state index in [0.717, 1.165) is 11.6 Å². The molecule has 1 heterocycles. The van der Waals surface area contributed by atoms with Gasteiger partial charge in [0.25, 0.3) is 0 Å². The molecule has 0 bridgehead atoms. The van der Waals surface area contributed by atoms with Gasteiger partial charge in [-0.25, -0.2) is 9.59 Å². The molecule has 1 saturated heterocycles. The Kier molecular flexibility index (Phi) is 8.47. The van der Waals surface area contributed by atoms with Crippen molar-refractivity contribution in [3.8, 4) is 0 Å². The molecule has 2 unspecified atom stereocenters. The minimum atomic E-state index is -1.33. The predicted octanol–water partition coefficient (Wildman–Crippen LogP) is 2.65. The van der Waals surface area contributed by atoms with Crippen molar-refractivity contribution in [2.45, 2.75) is 51.3 Å². The lowest BCUT2D eigenvalue weighted by molar-refractivity contribution is -0.297.